The van der Waals surface area contributed by atoms with Gasteiger partial charge in [0.2, 0.25) is 0 Å². The van der Waals surface area contributed by atoms with Gasteiger partial charge in [-0.05, 0) is 48.4 Å². The second-order valence-electron chi connectivity index (χ2n) is 7.28. The average molecular weight is 342 g/mol. The Balaban J connectivity index is 1.27. The van der Waals surface area contributed by atoms with Gasteiger partial charge in [-0.25, -0.2) is 9.18 Å². The Morgan fingerprint density at radius 2 is 2.32 bits per heavy atom. The number of urea groups is 1. The number of likely N-dealkylation sites (tertiary alicyclic amines) is 1. The van der Waals surface area contributed by atoms with E-state index >= 15 is 0 Å². The van der Waals surface area contributed by atoms with E-state index in [9.17, 15) is 9.18 Å². The monoisotopic (exact) mass is 342 g/mol. The molecule has 0 unspecified atom stereocenters. The average Bonchev–Trinajstić information content (AvgIpc) is 2.98. The first-order valence-corrected chi connectivity index (χ1v) is 8.87. The standard InChI is InChI=1S/C19H23FN4O/c1-23-11-14(10-21-23)7-13-5-6-24(12-13)19(25)22-18-9-17(18)15-3-2-4-16(20)8-15/h2-4,8,10-11,13,17-18H,5-7,9,12H2,1H3,(H,22,25)/t13-,17-,18+/m0/s1. The molecule has 1 saturated carbocycles. The molecule has 3 atom stereocenters. The fourth-order valence-corrected chi connectivity index (χ4v) is 3.80. The summed E-state index contributed by atoms with van der Waals surface area (Å²) in [5.74, 6) is 0.522. The van der Waals surface area contributed by atoms with E-state index in [2.05, 4.69) is 10.4 Å². The molecule has 2 heterocycles. The molecule has 1 aromatic carbocycles. The highest BCUT2D eigenvalue weighted by molar-refractivity contribution is 5.75. The van der Waals surface area contributed by atoms with E-state index in [1.54, 1.807) is 12.1 Å². The van der Waals surface area contributed by atoms with E-state index in [1.807, 2.05) is 35.1 Å². The molecule has 132 valence electrons. The van der Waals surface area contributed by atoms with Crippen LogP contribution in [-0.4, -0.2) is 39.8 Å². The molecule has 1 saturated heterocycles. The van der Waals surface area contributed by atoms with Gasteiger partial charge < -0.3 is 10.2 Å². The maximum atomic E-state index is 13.3. The minimum Gasteiger partial charge on any atom is -0.335 e. The van der Waals surface area contributed by atoms with Crippen LogP contribution in [0.2, 0.25) is 0 Å². The van der Waals surface area contributed by atoms with Crippen molar-refractivity contribution in [1.29, 1.82) is 0 Å². The fraction of sp³-hybridized carbons (Fsp3) is 0.474. The molecule has 1 N–H and O–H groups in total. The number of carbonyl (C=O) groups is 1. The van der Waals surface area contributed by atoms with Crippen LogP contribution < -0.4 is 5.32 Å². The molecule has 2 amide bonds. The lowest BCUT2D eigenvalue weighted by molar-refractivity contribution is 0.206. The number of benzene rings is 1. The summed E-state index contributed by atoms with van der Waals surface area (Å²) in [6.07, 6.45) is 6.82. The summed E-state index contributed by atoms with van der Waals surface area (Å²) in [6, 6.07) is 6.82. The summed E-state index contributed by atoms with van der Waals surface area (Å²) in [4.78, 5) is 14.4. The Labute approximate surface area is 146 Å². The Kier molecular flexibility index (Phi) is 4.19. The number of carbonyl (C=O) groups excluding carboxylic acids is 1. The topological polar surface area (TPSA) is 50.2 Å². The Bertz CT molecular complexity index is 774. The maximum absolute atomic E-state index is 13.3. The molecule has 6 heteroatoms. The van der Waals surface area contributed by atoms with E-state index in [0.29, 0.717) is 5.92 Å². The third-order valence-electron chi connectivity index (χ3n) is 5.23. The summed E-state index contributed by atoms with van der Waals surface area (Å²) in [5.41, 5.74) is 2.20. The zero-order valence-corrected chi connectivity index (χ0v) is 14.4. The molecular formula is C19H23FN4O. The van der Waals surface area contributed by atoms with E-state index in [0.717, 1.165) is 37.9 Å². The van der Waals surface area contributed by atoms with Gasteiger partial charge in [-0.15, -0.1) is 0 Å². The Hall–Kier alpha value is -2.37. The molecule has 2 fully saturated rings. The highest BCUT2D eigenvalue weighted by Gasteiger charge is 2.41. The minimum absolute atomic E-state index is 0.0117. The van der Waals surface area contributed by atoms with Crippen molar-refractivity contribution in [2.45, 2.75) is 31.2 Å². The zero-order chi connectivity index (χ0) is 17.4. The van der Waals surface area contributed by atoms with Crippen molar-refractivity contribution in [2.24, 2.45) is 13.0 Å². The van der Waals surface area contributed by atoms with Crippen LogP contribution in [0.1, 0.15) is 29.9 Å². The molecular weight excluding hydrogens is 319 g/mol. The maximum Gasteiger partial charge on any atom is 0.317 e. The highest BCUT2D eigenvalue weighted by atomic mass is 19.1. The van der Waals surface area contributed by atoms with Crippen LogP contribution in [0, 0.1) is 11.7 Å². The number of halogens is 1. The molecule has 25 heavy (non-hydrogen) atoms. The third-order valence-corrected chi connectivity index (χ3v) is 5.23. The summed E-state index contributed by atoms with van der Waals surface area (Å²) in [5, 5.41) is 7.30. The van der Waals surface area contributed by atoms with Crippen LogP contribution >= 0.6 is 0 Å². The first-order chi connectivity index (χ1) is 12.1. The second-order valence-corrected chi connectivity index (χ2v) is 7.28. The van der Waals surface area contributed by atoms with Gasteiger partial charge in [-0.2, -0.15) is 5.10 Å². The number of aryl methyl sites for hydroxylation is 1. The summed E-state index contributed by atoms with van der Waals surface area (Å²) in [7, 11) is 1.92. The van der Waals surface area contributed by atoms with Crippen LogP contribution in [-0.2, 0) is 13.5 Å². The third kappa shape index (κ3) is 3.67. The number of hydrogen-bond donors (Lipinski definition) is 1. The van der Waals surface area contributed by atoms with Crippen LogP contribution in [0.5, 0.6) is 0 Å². The molecule has 0 spiro atoms. The molecule has 2 aromatic rings. The van der Waals surface area contributed by atoms with Crippen molar-refractivity contribution in [1.82, 2.24) is 20.0 Å². The van der Waals surface area contributed by atoms with Gasteiger partial charge in [-0.3, -0.25) is 4.68 Å². The highest BCUT2D eigenvalue weighted by Crippen LogP contribution is 2.41. The molecule has 4 rings (SSSR count). The Morgan fingerprint density at radius 1 is 1.44 bits per heavy atom. The predicted molar refractivity (Wildman–Crippen MR) is 92.7 cm³/mol. The van der Waals surface area contributed by atoms with Gasteiger partial charge in [0.1, 0.15) is 5.82 Å². The number of nitrogens with one attached hydrogen (secondary N) is 1. The second kappa shape index (κ2) is 6.50. The van der Waals surface area contributed by atoms with Crippen LogP contribution in [0.3, 0.4) is 0 Å². The largest absolute Gasteiger partial charge is 0.335 e. The van der Waals surface area contributed by atoms with E-state index < -0.39 is 0 Å². The van der Waals surface area contributed by atoms with Crippen molar-refractivity contribution in [3.8, 4) is 0 Å². The molecule has 5 nitrogen and oxygen atoms in total. The Morgan fingerprint density at radius 3 is 3.08 bits per heavy atom. The quantitative estimate of drug-likeness (QED) is 0.929. The van der Waals surface area contributed by atoms with Gasteiger partial charge >= 0.3 is 6.03 Å². The van der Waals surface area contributed by atoms with Crippen LogP contribution in [0.4, 0.5) is 9.18 Å². The van der Waals surface area contributed by atoms with Gasteiger partial charge in [0.05, 0.1) is 6.20 Å². The fourth-order valence-electron chi connectivity index (χ4n) is 3.80. The van der Waals surface area contributed by atoms with Crippen LogP contribution in [0.25, 0.3) is 0 Å². The predicted octanol–water partition coefficient (Wildman–Crippen LogP) is 2.69. The van der Waals surface area contributed by atoms with E-state index in [4.69, 9.17) is 0 Å². The van der Waals surface area contributed by atoms with Crippen molar-refractivity contribution in [3.63, 3.8) is 0 Å². The number of nitrogens with zero attached hydrogens (tertiary/aromatic N) is 3. The molecule has 0 radical (unpaired) electrons. The number of rotatable bonds is 4. The number of aromatic nitrogens is 2. The lowest BCUT2D eigenvalue weighted by Crippen LogP contribution is -2.40. The normalized spacial score (nSPS) is 25.2. The summed E-state index contributed by atoms with van der Waals surface area (Å²) in [6.45, 7) is 1.59. The van der Waals surface area contributed by atoms with Crippen molar-refractivity contribution < 1.29 is 9.18 Å². The molecule has 2 aliphatic rings. The zero-order valence-electron chi connectivity index (χ0n) is 14.4. The summed E-state index contributed by atoms with van der Waals surface area (Å²) >= 11 is 0. The minimum atomic E-state index is -0.215. The van der Waals surface area contributed by atoms with Gasteiger partial charge in [0.15, 0.2) is 0 Å². The number of hydrogen-bond acceptors (Lipinski definition) is 2. The first kappa shape index (κ1) is 16.1. The summed E-state index contributed by atoms with van der Waals surface area (Å²) < 4.78 is 15.1. The molecule has 1 aliphatic carbocycles. The number of amides is 2. The first-order valence-electron chi connectivity index (χ1n) is 8.87. The molecule has 0 bridgehead atoms. The van der Waals surface area contributed by atoms with Crippen molar-refractivity contribution in [2.75, 3.05) is 13.1 Å². The smallest absolute Gasteiger partial charge is 0.317 e. The van der Waals surface area contributed by atoms with E-state index in [-0.39, 0.29) is 23.8 Å². The van der Waals surface area contributed by atoms with Crippen LogP contribution in [0.15, 0.2) is 36.7 Å². The van der Waals surface area contributed by atoms with Gasteiger partial charge in [0.25, 0.3) is 0 Å². The van der Waals surface area contributed by atoms with Crippen molar-refractivity contribution in [3.05, 3.63) is 53.6 Å². The van der Waals surface area contributed by atoms with Gasteiger partial charge in [-0.1, -0.05) is 12.1 Å². The SMILES string of the molecule is Cn1cc(C[C@@H]2CCN(C(=O)N[C@@H]3C[C@H]3c3cccc(F)c3)C2)cn1. The van der Waals surface area contributed by atoms with E-state index in [1.165, 1.54) is 11.6 Å². The van der Waals surface area contributed by atoms with Crippen molar-refractivity contribution >= 4 is 6.03 Å². The lowest BCUT2D eigenvalue weighted by atomic mass is 10.0. The molecule has 1 aliphatic heterocycles. The van der Waals surface area contributed by atoms with Gasteiger partial charge in [0, 0.05) is 38.3 Å². The lowest BCUT2D eigenvalue weighted by Gasteiger charge is -2.17. The molecule has 1 aromatic heterocycles.